The minimum absolute atomic E-state index is 0.292. The molecule has 0 bridgehead atoms. The normalized spacial score (nSPS) is 12.4. The van der Waals surface area contributed by atoms with Crippen LogP contribution in [0.5, 0.6) is 0 Å². The fourth-order valence-electron chi connectivity index (χ4n) is 2.16. The molecule has 1 rings (SSSR count). The van der Waals surface area contributed by atoms with Crippen molar-refractivity contribution in [1.82, 2.24) is 4.72 Å². The van der Waals surface area contributed by atoms with E-state index < -0.39 is 32.2 Å². The van der Waals surface area contributed by atoms with Gasteiger partial charge in [0.25, 0.3) is 0 Å². The maximum absolute atomic E-state index is 13.9. The van der Waals surface area contributed by atoms with Crippen molar-refractivity contribution in [3.05, 3.63) is 29.6 Å². The van der Waals surface area contributed by atoms with E-state index in [-0.39, 0.29) is 5.56 Å². The highest BCUT2D eigenvalue weighted by Crippen LogP contribution is 2.24. The maximum atomic E-state index is 13.9. The van der Waals surface area contributed by atoms with E-state index in [1.165, 1.54) is 0 Å². The number of rotatable bonds is 7. The zero-order chi connectivity index (χ0) is 16.3. The molecule has 0 aliphatic heterocycles. The Balaban J connectivity index is 3.23. The standard InChI is InChI=1S/C14H20FNO4S/c1-4-14(5-2,6-3)16-21(19,20)12-8-7-10(13(17)18)9-11(12)15/h7-9,16H,4-6H2,1-3H3,(H,17,18). The molecule has 0 unspecified atom stereocenters. The number of aromatic carboxylic acids is 1. The van der Waals surface area contributed by atoms with Gasteiger partial charge in [0, 0.05) is 5.54 Å². The van der Waals surface area contributed by atoms with Gasteiger partial charge in [-0.15, -0.1) is 0 Å². The molecular weight excluding hydrogens is 297 g/mol. The highest BCUT2D eigenvalue weighted by molar-refractivity contribution is 7.89. The summed E-state index contributed by atoms with van der Waals surface area (Å²) in [5, 5.41) is 8.77. The molecule has 0 heterocycles. The van der Waals surface area contributed by atoms with E-state index in [1.807, 2.05) is 20.8 Å². The van der Waals surface area contributed by atoms with Gasteiger partial charge in [0.2, 0.25) is 10.0 Å². The predicted octanol–water partition coefficient (Wildman–Crippen LogP) is 2.77. The number of carboxylic acid groups (broad SMARTS) is 1. The lowest BCUT2D eigenvalue weighted by Gasteiger charge is -2.31. The first-order valence-corrected chi connectivity index (χ1v) is 8.26. The number of carboxylic acids is 1. The second kappa shape index (κ2) is 6.53. The Morgan fingerprint density at radius 1 is 1.24 bits per heavy atom. The Labute approximate surface area is 124 Å². The lowest BCUT2D eigenvalue weighted by molar-refractivity contribution is 0.0696. The van der Waals surface area contributed by atoms with Crippen LogP contribution in [0.1, 0.15) is 50.4 Å². The van der Waals surface area contributed by atoms with Crippen molar-refractivity contribution >= 4 is 16.0 Å². The molecule has 0 amide bonds. The fourth-order valence-corrected chi connectivity index (χ4v) is 3.83. The molecule has 0 spiro atoms. The Kier molecular flexibility index (Phi) is 5.47. The molecule has 1 aromatic rings. The Bertz CT molecular complexity index is 616. The van der Waals surface area contributed by atoms with Crippen molar-refractivity contribution in [3.63, 3.8) is 0 Å². The average Bonchev–Trinajstić information content (AvgIpc) is 2.44. The number of hydrogen-bond donors (Lipinski definition) is 2. The smallest absolute Gasteiger partial charge is 0.335 e. The molecule has 0 saturated heterocycles. The molecule has 7 heteroatoms. The van der Waals surface area contributed by atoms with Crippen LogP contribution in [0.3, 0.4) is 0 Å². The Hall–Kier alpha value is -1.47. The van der Waals surface area contributed by atoms with E-state index in [1.54, 1.807) is 0 Å². The minimum atomic E-state index is -4.05. The lowest BCUT2D eigenvalue weighted by atomic mass is 9.91. The lowest BCUT2D eigenvalue weighted by Crippen LogP contribution is -2.47. The SMILES string of the molecule is CCC(CC)(CC)NS(=O)(=O)c1ccc(C(=O)O)cc1F. The van der Waals surface area contributed by atoms with E-state index in [0.29, 0.717) is 25.3 Å². The van der Waals surface area contributed by atoms with Crippen LogP contribution in [-0.4, -0.2) is 25.0 Å². The number of halogens is 1. The fraction of sp³-hybridized carbons (Fsp3) is 0.500. The van der Waals surface area contributed by atoms with Crippen LogP contribution in [0, 0.1) is 5.82 Å². The third-order valence-electron chi connectivity index (χ3n) is 3.85. The van der Waals surface area contributed by atoms with Crippen LogP contribution in [0.15, 0.2) is 23.1 Å². The van der Waals surface area contributed by atoms with Crippen molar-refractivity contribution in [3.8, 4) is 0 Å². The molecule has 1 aromatic carbocycles. The van der Waals surface area contributed by atoms with Crippen LogP contribution in [0.4, 0.5) is 4.39 Å². The van der Waals surface area contributed by atoms with E-state index in [0.717, 1.165) is 12.1 Å². The number of carbonyl (C=O) groups is 1. The molecule has 0 saturated carbocycles. The molecule has 0 atom stereocenters. The van der Waals surface area contributed by atoms with Gasteiger partial charge < -0.3 is 5.11 Å². The first-order chi connectivity index (χ1) is 9.71. The molecule has 5 nitrogen and oxygen atoms in total. The van der Waals surface area contributed by atoms with E-state index in [9.17, 15) is 17.6 Å². The number of sulfonamides is 1. The molecular formula is C14H20FNO4S. The molecule has 118 valence electrons. The van der Waals surface area contributed by atoms with Gasteiger partial charge in [0.1, 0.15) is 10.7 Å². The molecule has 0 aliphatic rings. The second-order valence-corrected chi connectivity index (χ2v) is 6.55. The summed E-state index contributed by atoms with van der Waals surface area (Å²) in [5.41, 5.74) is -0.921. The summed E-state index contributed by atoms with van der Waals surface area (Å²) >= 11 is 0. The number of benzene rings is 1. The molecule has 2 N–H and O–H groups in total. The minimum Gasteiger partial charge on any atom is -0.478 e. The topological polar surface area (TPSA) is 83.5 Å². The van der Waals surface area contributed by atoms with Gasteiger partial charge in [-0.3, -0.25) is 0 Å². The van der Waals surface area contributed by atoms with Crippen LogP contribution < -0.4 is 4.72 Å². The van der Waals surface area contributed by atoms with Gasteiger partial charge in [-0.1, -0.05) is 20.8 Å². The molecule has 0 fully saturated rings. The predicted molar refractivity (Wildman–Crippen MR) is 77.3 cm³/mol. The van der Waals surface area contributed by atoms with Crippen molar-refractivity contribution in [2.24, 2.45) is 0 Å². The summed E-state index contributed by atoms with van der Waals surface area (Å²) in [6, 6.07) is 2.76. The monoisotopic (exact) mass is 317 g/mol. The van der Waals surface area contributed by atoms with Gasteiger partial charge >= 0.3 is 5.97 Å². The van der Waals surface area contributed by atoms with Gasteiger partial charge in [0.15, 0.2) is 0 Å². The van der Waals surface area contributed by atoms with Crippen LogP contribution in [0.25, 0.3) is 0 Å². The number of hydrogen-bond acceptors (Lipinski definition) is 3. The van der Waals surface area contributed by atoms with Crippen LogP contribution in [0.2, 0.25) is 0 Å². The zero-order valence-electron chi connectivity index (χ0n) is 12.3. The molecule has 0 aromatic heterocycles. The molecule has 21 heavy (non-hydrogen) atoms. The van der Waals surface area contributed by atoms with Crippen LogP contribution in [-0.2, 0) is 10.0 Å². The highest BCUT2D eigenvalue weighted by atomic mass is 32.2. The van der Waals surface area contributed by atoms with E-state index >= 15 is 0 Å². The summed E-state index contributed by atoms with van der Waals surface area (Å²) in [6.07, 6.45) is 1.73. The summed E-state index contributed by atoms with van der Waals surface area (Å²) in [7, 11) is -4.05. The average molecular weight is 317 g/mol. The van der Waals surface area contributed by atoms with Gasteiger partial charge in [-0.05, 0) is 37.5 Å². The number of nitrogens with one attached hydrogen (secondary N) is 1. The summed E-state index contributed by atoms with van der Waals surface area (Å²) in [6.45, 7) is 5.58. The Morgan fingerprint density at radius 3 is 2.14 bits per heavy atom. The maximum Gasteiger partial charge on any atom is 0.335 e. The van der Waals surface area contributed by atoms with Crippen LogP contribution >= 0.6 is 0 Å². The Morgan fingerprint density at radius 2 is 1.76 bits per heavy atom. The van der Waals surface area contributed by atoms with Gasteiger partial charge in [0.05, 0.1) is 5.56 Å². The van der Waals surface area contributed by atoms with Gasteiger partial charge in [-0.25, -0.2) is 22.3 Å². The highest BCUT2D eigenvalue weighted by Gasteiger charge is 2.32. The third-order valence-corrected chi connectivity index (χ3v) is 5.46. The summed E-state index contributed by atoms with van der Waals surface area (Å²) < 4.78 is 41.1. The summed E-state index contributed by atoms with van der Waals surface area (Å²) in [5.74, 6) is -2.38. The molecule has 0 aliphatic carbocycles. The van der Waals surface area contributed by atoms with Crippen molar-refractivity contribution in [2.45, 2.75) is 50.5 Å². The first kappa shape index (κ1) is 17.6. The first-order valence-electron chi connectivity index (χ1n) is 6.78. The quantitative estimate of drug-likeness (QED) is 0.810. The second-order valence-electron chi connectivity index (χ2n) is 4.90. The van der Waals surface area contributed by atoms with E-state index in [2.05, 4.69) is 4.72 Å². The van der Waals surface area contributed by atoms with Crippen molar-refractivity contribution in [1.29, 1.82) is 0 Å². The van der Waals surface area contributed by atoms with Gasteiger partial charge in [-0.2, -0.15) is 0 Å². The zero-order valence-corrected chi connectivity index (χ0v) is 13.1. The molecule has 0 radical (unpaired) electrons. The van der Waals surface area contributed by atoms with Crippen molar-refractivity contribution in [2.75, 3.05) is 0 Å². The third kappa shape index (κ3) is 3.79. The van der Waals surface area contributed by atoms with E-state index in [4.69, 9.17) is 5.11 Å². The largest absolute Gasteiger partial charge is 0.478 e. The van der Waals surface area contributed by atoms with Crippen molar-refractivity contribution < 1.29 is 22.7 Å². The summed E-state index contributed by atoms with van der Waals surface area (Å²) in [4.78, 5) is 10.2.